The van der Waals surface area contributed by atoms with Crippen molar-refractivity contribution in [3.63, 3.8) is 0 Å². The summed E-state index contributed by atoms with van der Waals surface area (Å²) >= 11 is 0. The summed E-state index contributed by atoms with van der Waals surface area (Å²) in [6.07, 6.45) is 0.952. The number of esters is 1. The van der Waals surface area contributed by atoms with E-state index in [0.29, 0.717) is 5.76 Å². The molecule has 9 nitrogen and oxygen atoms in total. The normalized spacial score (nSPS) is 11.4. The molecule has 3 N–H and O–H groups in total. The summed E-state index contributed by atoms with van der Waals surface area (Å²) in [5.74, 6) is -1.65. The van der Waals surface area contributed by atoms with Crippen molar-refractivity contribution in [2.45, 2.75) is 19.0 Å². The van der Waals surface area contributed by atoms with Crippen LogP contribution in [-0.2, 0) is 20.9 Å². The Hall–Kier alpha value is -2.58. The summed E-state index contributed by atoms with van der Waals surface area (Å²) in [6, 6.07) is -0.557. The number of ether oxygens (including phenoxy) is 1. The molecule has 0 aliphatic heterocycles. The first-order chi connectivity index (χ1) is 9.02. The number of aliphatic carboxylic acids is 1. The molecule has 0 aromatic carbocycles. The van der Waals surface area contributed by atoms with Crippen LogP contribution >= 0.6 is 0 Å². The highest BCUT2D eigenvalue weighted by atomic mass is 16.5. The summed E-state index contributed by atoms with van der Waals surface area (Å²) < 4.78 is 9.07. The second-order valence-corrected chi connectivity index (χ2v) is 3.48. The van der Waals surface area contributed by atoms with Crippen LogP contribution in [0, 0.1) is 0 Å². The quantitative estimate of drug-likeness (QED) is 0.594. The first-order valence-corrected chi connectivity index (χ1v) is 5.26. The molecule has 19 heavy (non-hydrogen) atoms. The molecule has 104 valence electrons. The number of nitrogens with zero attached hydrogens (tertiary/aromatic N) is 1. The Morgan fingerprint density at radius 3 is 2.79 bits per heavy atom. The number of methoxy groups -OCH3 is 1. The number of nitrogens with one attached hydrogen (secondary N) is 2. The van der Waals surface area contributed by atoms with Crippen LogP contribution in [0.25, 0.3) is 0 Å². The van der Waals surface area contributed by atoms with Crippen LogP contribution in [0.4, 0.5) is 4.79 Å². The predicted octanol–water partition coefficient (Wildman–Crippen LogP) is -0.510. The van der Waals surface area contributed by atoms with Crippen molar-refractivity contribution in [2.75, 3.05) is 7.11 Å². The van der Waals surface area contributed by atoms with Crippen LogP contribution < -0.4 is 10.6 Å². The molecule has 0 fully saturated rings. The first-order valence-electron chi connectivity index (χ1n) is 5.26. The highest BCUT2D eigenvalue weighted by Crippen LogP contribution is 1.97. The summed E-state index contributed by atoms with van der Waals surface area (Å²) in [5, 5.41) is 16.8. The van der Waals surface area contributed by atoms with Crippen LogP contribution in [0.5, 0.6) is 0 Å². The van der Waals surface area contributed by atoms with Crippen molar-refractivity contribution in [3.05, 3.63) is 18.0 Å². The molecule has 1 aromatic rings. The van der Waals surface area contributed by atoms with E-state index in [0.717, 1.165) is 7.11 Å². The maximum Gasteiger partial charge on any atom is 0.326 e. The van der Waals surface area contributed by atoms with Gasteiger partial charge in [0.15, 0.2) is 5.76 Å². The molecule has 1 heterocycles. The van der Waals surface area contributed by atoms with Gasteiger partial charge in [0.25, 0.3) is 0 Å². The molecule has 0 bridgehead atoms. The fourth-order valence-electron chi connectivity index (χ4n) is 1.16. The van der Waals surface area contributed by atoms with E-state index in [1.54, 1.807) is 6.07 Å². The Balaban J connectivity index is 2.42. The second kappa shape index (κ2) is 6.99. The average Bonchev–Trinajstić information content (AvgIpc) is 2.88. The predicted molar refractivity (Wildman–Crippen MR) is 59.9 cm³/mol. The zero-order chi connectivity index (χ0) is 14.3. The van der Waals surface area contributed by atoms with Crippen LogP contribution in [0.15, 0.2) is 16.8 Å². The van der Waals surface area contributed by atoms with Gasteiger partial charge < -0.3 is 25.0 Å². The summed E-state index contributed by atoms with van der Waals surface area (Å²) in [5.41, 5.74) is 0. The molecular weight excluding hydrogens is 258 g/mol. The third kappa shape index (κ3) is 5.06. The molecule has 0 aliphatic carbocycles. The molecule has 0 spiro atoms. The van der Waals surface area contributed by atoms with Gasteiger partial charge in [-0.1, -0.05) is 5.16 Å². The minimum absolute atomic E-state index is 0.0520. The van der Waals surface area contributed by atoms with Gasteiger partial charge >= 0.3 is 18.0 Å². The number of amides is 2. The lowest BCUT2D eigenvalue weighted by Crippen LogP contribution is -2.46. The highest BCUT2D eigenvalue weighted by Gasteiger charge is 2.23. The maximum atomic E-state index is 11.4. The minimum atomic E-state index is -1.36. The lowest BCUT2D eigenvalue weighted by molar-refractivity contribution is -0.147. The van der Waals surface area contributed by atoms with Gasteiger partial charge in [-0.15, -0.1) is 0 Å². The second-order valence-electron chi connectivity index (χ2n) is 3.48. The van der Waals surface area contributed by atoms with Gasteiger partial charge in [-0.25, -0.2) is 9.59 Å². The third-order valence-electron chi connectivity index (χ3n) is 2.12. The molecule has 9 heteroatoms. The molecule has 0 aliphatic rings. The van der Waals surface area contributed by atoms with Crippen molar-refractivity contribution in [1.29, 1.82) is 0 Å². The molecule has 1 aromatic heterocycles. The number of rotatable bonds is 6. The van der Waals surface area contributed by atoms with Gasteiger partial charge in [-0.3, -0.25) is 4.79 Å². The molecule has 0 unspecified atom stereocenters. The summed E-state index contributed by atoms with van der Waals surface area (Å²) in [4.78, 5) is 33.2. The maximum absolute atomic E-state index is 11.4. The Morgan fingerprint density at radius 1 is 1.53 bits per heavy atom. The number of carboxylic acids is 1. The molecular formula is C10H13N3O6. The average molecular weight is 271 g/mol. The van der Waals surface area contributed by atoms with E-state index < -0.39 is 30.4 Å². The zero-order valence-corrected chi connectivity index (χ0v) is 10.1. The smallest absolute Gasteiger partial charge is 0.326 e. The highest BCUT2D eigenvalue weighted by molar-refractivity contribution is 5.86. The monoisotopic (exact) mass is 271 g/mol. The van der Waals surface area contributed by atoms with Crippen molar-refractivity contribution >= 4 is 18.0 Å². The van der Waals surface area contributed by atoms with E-state index in [1.807, 2.05) is 0 Å². The standard InChI is InChI=1S/C10H13N3O6/c1-18-8(14)4-7(9(15)16)13-10(17)11-5-6-2-3-12-19-6/h2-3,7H,4-5H2,1H3,(H,15,16)(H2,11,13,17)/t7-/m0/s1. The van der Waals surface area contributed by atoms with Crippen LogP contribution in [0.2, 0.25) is 0 Å². The summed E-state index contributed by atoms with van der Waals surface area (Å²) in [7, 11) is 1.13. The topological polar surface area (TPSA) is 131 Å². The van der Waals surface area contributed by atoms with E-state index in [-0.39, 0.29) is 6.54 Å². The van der Waals surface area contributed by atoms with Gasteiger partial charge in [0.2, 0.25) is 0 Å². The Labute approximate surface area is 107 Å². The van der Waals surface area contributed by atoms with Crippen molar-refractivity contribution < 1.29 is 28.8 Å². The largest absolute Gasteiger partial charge is 0.480 e. The Morgan fingerprint density at radius 2 is 2.26 bits per heavy atom. The van der Waals surface area contributed by atoms with Crippen LogP contribution in [-0.4, -0.2) is 41.4 Å². The number of hydrogen-bond acceptors (Lipinski definition) is 6. The lowest BCUT2D eigenvalue weighted by Gasteiger charge is -2.13. The first kappa shape index (κ1) is 14.5. The minimum Gasteiger partial charge on any atom is -0.480 e. The van der Waals surface area contributed by atoms with E-state index in [1.165, 1.54) is 6.20 Å². The number of carbonyl (C=O) groups excluding carboxylic acids is 2. The number of hydrogen-bond donors (Lipinski definition) is 3. The van der Waals surface area contributed by atoms with Gasteiger partial charge in [0.1, 0.15) is 6.04 Å². The van der Waals surface area contributed by atoms with Crippen molar-refractivity contribution in [2.24, 2.45) is 0 Å². The SMILES string of the molecule is COC(=O)C[C@H](NC(=O)NCc1ccno1)C(=O)O. The van der Waals surface area contributed by atoms with E-state index in [4.69, 9.17) is 9.63 Å². The molecule has 0 saturated heterocycles. The Kier molecular flexibility index (Phi) is 5.33. The van der Waals surface area contributed by atoms with Gasteiger partial charge in [0, 0.05) is 6.07 Å². The van der Waals surface area contributed by atoms with Crippen molar-refractivity contribution in [3.8, 4) is 0 Å². The van der Waals surface area contributed by atoms with Crippen LogP contribution in [0.3, 0.4) is 0 Å². The van der Waals surface area contributed by atoms with E-state index in [2.05, 4.69) is 20.5 Å². The molecule has 2 amide bonds. The number of aromatic nitrogens is 1. The van der Waals surface area contributed by atoms with Crippen LogP contribution in [0.1, 0.15) is 12.2 Å². The zero-order valence-electron chi connectivity index (χ0n) is 10.1. The molecule has 1 atom stereocenters. The fourth-order valence-corrected chi connectivity index (χ4v) is 1.16. The van der Waals surface area contributed by atoms with E-state index in [9.17, 15) is 14.4 Å². The number of carboxylic acid groups (broad SMARTS) is 1. The number of urea groups is 1. The number of carbonyl (C=O) groups is 3. The Bertz CT molecular complexity index is 444. The summed E-state index contributed by atoms with van der Waals surface area (Å²) in [6.45, 7) is 0.0520. The molecule has 0 radical (unpaired) electrons. The molecule has 0 saturated carbocycles. The van der Waals surface area contributed by atoms with Gasteiger partial charge in [0.05, 0.1) is 26.3 Å². The third-order valence-corrected chi connectivity index (χ3v) is 2.12. The van der Waals surface area contributed by atoms with Crippen molar-refractivity contribution in [1.82, 2.24) is 15.8 Å². The fraction of sp³-hybridized carbons (Fsp3) is 0.400. The van der Waals surface area contributed by atoms with E-state index >= 15 is 0 Å². The van der Waals surface area contributed by atoms with Gasteiger partial charge in [-0.2, -0.15) is 0 Å². The van der Waals surface area contributed by atoms with Gasteiger partial charge in [-0.05, 0) is 0 Å². The molecule has 1 rings (SSSR count). The lowest BCUT2D eigenvalue weighted by atomic mass is 10.2.